The van der Waals surface area contributed by atoms with Crippen LogP contribution in [-0.2, 0) is 0 Å². The van der Waals surface area contributed by atoms with E-state index in [0.717, 1.165) is 29.9 Å². The molecule has 0 amide bonds. The van der Waals surface area contributed by atoms with Crippen LogP contribution in [0.3, 0.4) is 0 Å². The van der Waals surface area contributed by atoms with Crippen molar-refractivity contribution in [2.45, 2.75) is 39.0 Å². The molecule has 0 aliphatic carbocycles. The number of pyridine rings is 1. The Morgan fingerprint density at radius 3 is 2.55 bits per heavy atom. The number of benzene rings is 1. The molecule has 1 heterocycles. The van der Waals surface area contributed by atoms with Crippen molar-refractivity contribution in [1.29, 1.82) is 5.41 Å². The maximum Gasteiger partial charge on any atom is 0.135 e. The summed E-state index contributed by atoms with van der Waals surface area (Å²) in [7, 11) is 0. The molecule has 3 nitrogen and oxygen atoms in total. The maximum atomic E-state index is 8.40. The molecule has 2 aromatic rings. The molecule has 0 atom stereocenters. The second-order valence-electron chi connectivity index (χ2n) is 5.48. The van der Waals surface area contributed by atoms with Crippen molar-refractivity contribution < 1.29 is 0 Å². The minimum absolute atomic E-state index is 0.516. The zero-order valence-corrected chi connectivity index (χ0v) is 13.3. The number of rotatable bonds is 9. The summed E-state index contributed by atoms with van der Waals surface area (Å²) in [5, 5.41) is 11.8. The largest absolute Gasteiger partial charge is 0.370 e. The molecular weight excluding hydrogens is 270 g/mol. The average Bonchev–Trinajstić information content (AvgIpc) is 2.58. The van der Waals surface area contributed by atoms with Crippen molar-refractivity contribution in [3.8, 4) is 0 Å². The third-order valence-electron chi connectivity index (χ3n) is 3.71. The van der Waals surface area contributed by atoms with Gasteiger partial charge in [0.25, 0.3) is 0 Å². The SMILES string of the molecule is CCCCCCCNc1ncccc1C(=N)c1ccccc1. The summed E-state index contributed by atoms with van der Waals surface area (Å²) in [6, 6.07) is 13.7. The molecule has 0 saturated heterocycles. The van der Waals surface area contributed by atoms with E-state index in [0.29, 0.717) is 5.71 Å². The first-order valence-corrected chi connectivity index (χ1v) is 8.16. The first kappa shape index (κ1) is 16.2. The molecule has 22 heavy (non-hydrogen) atoms. The summed E-state index contributed by atoms with van der Waals surface area (Å²) < 4.78 is 0. The van der Waals surface area contributed by atoms with Crippen LogP contribution in [0.5, 0.6) is 0 Å². The highest BCUT2D eigenvalue weighted by Gasteiger charge is 2.10. The highest BCUT2D eigenvalue weighted by Crippen LogP contribution is 2.17. The Bertz CT molecular complexity index is 578. The van der Waals surface area contributed by atoms with Gasteiger partial charge in [0, 0.05) is 23.9 Å². The molecular formula is C19H25N3. The Morgan fingerprint density at radius 1 is 1.00 bits per heavy atom. The van der Waals surface area contributed by atoms with Crippen LogP contribution in [0, 0.1) is 5.41 Å². The van der Waals surface area contributed by atoms with Gasteiger partial charge in [0.15, 0.2) is 0 Å². The van der Waals surface area contributed by atoms with Gasteiger partial charge in [-0.05, 0) is 18.6 Å². The molecule has 3 heteroatoms. The van der Waals surface area contributed by atoms with Gasteiger partial charge < -0.3 is 5.32 Å². The predicted octanol–water partition coefficient (Wildman–Crippen LogP) is 4.88. The van der Waals surface area contributed by atoms with E-state index in [-0.39, 0.29) is 0 Å². The summed E-state index contributed by atoms with van der Waals surface area (Å²) in [6.45, 7) is 3.14. The van der Waals surface area contributed by atoms with Gasteiger partial charge in [-0.1, -0.05) is 62.9 Å². The van der Waals surface area contributed by atoms with Gasteiger partial charge >= 0.3 is 0 Å². The predicted molar refractivity (Wildman–Crippen MR) is 93.9 cm³/mol. The first-order valence-electron chi connectivity index (χ1n) is 8.16. The van der Waals surface area contributed by atoms with Crippen molar-refractivity contribution in [1.82, 2.24) is 4.98 Å². The molecule has 1 aromatic carbocycles. The van der Waals surface area contributed by atoms with E-state index in [1.807, 2.05) is 42.5 Å². The molecule has 0 radical (unpaired) electrons. The van der Waals surface area contributed by atoms with Crippen molar-refractivity contribution in [3.63, 3.8) is 0 Å². The molecule has 0 spiro atoms. The van der Waals surface area contributed by atoms with Crippen LogP contribution in [0.25, 0.3) is 0 Å². The van der Waals surface area contributed by atoms with Crippen LogP contribution in [0.2, 0.25) is 0 Å². The molecule has 0 saturated carbocycles. The lowest BCUT2D eigenvalue weighted by molar-refractivity contribution is 0.645. The summed E-state index contributed by atoms with van der Waals surface area (Å²) in [5.41, 5.74) is 2.30. The molecule has 116 valence electrons. The standard InChI is InChI=1S/C19H25N3/c1-2-3-4-5-9-14-21-19-17(13-10-15-22-19)18(20)16-11-7-6-8-12-16/h6-8,10-13,15,20H,2-5,9,14H2,1H3,(H,21,22). The van der Waals surface area contributed by atoms with Crippen molar-refractivity contribution >= 4 is 11.5 Å². The number of nitrogens with one attached hydrogen (secondary N) is 2. The van der Waals surface area contributed by atoms with E-state index in [1.165, 1.54) is 25.7 Å². The number of anilines is 1. The first-order chi connectivity index (χ1) is 10.8. The summed E-state index contributed by atoms with van der Waals surface area (Å²) in [5.74, 6) is 0.812. The number of aromatic nitrogens is 1. The van der Waals surface area contributed by atoms with Crippen molar-refractivity contribution in [3.05, 3.63) is 59.8 Å². The zero-order valence-electron chi connectivity index (χ0n) is 13.3. The second kappa shape index (κ2) is 8.98. The van der Waals surface area contributed by atoms with Gasteiger partial charge in [-0.3, -0.25) is 5.41 Å². The van der Waals surface area contributed by atoms with Gasteiger partial charge in [0.05, 0.1) is 5.71 Å². The molecule has 0 bridgehead atoms. The van der Waals surface area contributed by atoms with Crippen LogP contribution in [-0.4, -0.2) is 17.2 Å². The molecule has 0 aliphatic heterocycles. The average molecular weight is 295 g/mol. The number of hydrogen-bond acceptors (Lipinski definition) is 3. The van der Waals surface area contributed by atoms with Gasteiger partial charge in [0.2, 0.25) is 0 Å². The van der Waals surface area contributed by atoms with Crippen LogP contribution in [0.15, 0.2) is 48.7 Å². The fourth-order valence-corrected chi connectivity index (χ4v) is 2.44. The van der Waals surface area contributed by atoms with Gasteiger partial charge in [-0.2, -0.15) is 0 Å². The molecule has 0 aliphatic rings. The quantitative estimate of drug-likeness (QED) is 0.511. The third-order valence-corrected chi connectivity index (χ3v) is 3.71. The number of unbranched alkanes of at least 4 members (excludes halogenated alkanes) is 4. The Morgan fingerprint density at radius 2 is 1.77 bits per heavy atom. The molecule has 2 N–H and O–H groups in total. The van der Waals surface area contributed by atoms with E-state index in [1.54, 1.807) is 6.20 Å². The smallest absolute Gasteiger partial charge is 0.135 e. The Hall–Kier alpha value is -2.16. The lowest BCUT2D eigenvalue weighted by atomic mass is 10.0. The lowest BCUT2D eigenvalue weighted by Gasteiger charge is -2.12. The summed E-state index contributed by atoms with van der Waals surface area (Å²) in [6.07, 6.45) is 8.06. The van der Waals surface area contributed by atoms with Crippen molar-refractivity contribution in [2.24, 2.45) is 0 Å². The summed E-state index contributed by atoms with van der Waals surface area (Å²) >= 11 is 0. The monoisotopic (exact) mass is 295 g/mol. The van der Waals surface area contributed by atoms with Gasteiger partial charge in [-0.25, -0.2) is 4.98 Å². The Labute approximate surface area is 133 Å². The van der Waals surface area contributed by atoms with Gasteiger partial charge in [-0.15, -0.1) is 0 Å². The van der Waals surface area contributed by atoms with E-state index < -0.39 is 0 Å². The normalized spacial score (nSPS) is 10.4. The maximum absolute atomic E-state index is 8.40. The van der Waals surface area contributed by atoms with Gasteiger partial charge in [0.1, 0.15) is 5.82 Å². The van der Waals surface area contributed by atoms with Crippen LogP contribution in [0.4, 0.5) is 5.82 Å². The Balaban J connectivity index is 1.97. The van der Waals surface area contributed by atoms with Crippen molar-refractivity contribution in [2.75, 3.05) is 11.9 Å². The Kier molecular flexibility index (Phi) is 6.62. The molecule has 0 fully saturated rings. The minimum Gasteiger partial charge on any atom is -0.370 e. The van der Waals surface area contributed by atoms with Crippen LogP contribution < -0.4 is 5.32 Å². The van der Waals surface area contributed by atoms with E-state index in [4.69, 9.17) is 5.41 Å². The van der Waals surface area contributed by atoms with Crippen LogP contribution >= 0.6 is 0 Å². The van der Waals surface area contributed by atoms with E-state index in [2.05, 4.69) is 17.2 Å². The lowest BCUT2D eigenvalue weighted by Crippen LogP contribution is -2.10. The highest BCUT2D eigenvalue weighted by molar-refractivity contribution is 6.13. The third kappa shape index (κ3) is 4.69. The molecule has 0 unspecified atom stereocenters. The van der Waals surface area contributed by atoms with Crippen LogP contribution in [0.1, 0.15) is 50.2 Å². The fourth-order valence-electron chi connectivity index (χ4n) is 2.44. The van der Waals surface area contributed by atoms with E-state index >= 15 is 0 Å². The topological polar surface area (TPSA) is 48.8 Å². The zero-order chi connectivity index (χ0) is 15.6. The minimum atomic E-state index is 0.516. The molecule has 2 rings (SSSR count). The molecule has 1 aromatic heterocycles. The summed E-state index contributed by atoms with van der Waals surface area (Å²) in [4.78, 5) is 4.41. The highest BCUT2D eigenvalue weighted by atomic mass is 15.0. The second-order valence-corrected chi connectivity index (χ2v) is 5.48. The fraction of sp³-hybridized carbons (Fsp3) is 0.368. The number of hydrogen-bond donors (Lipinski definition) is 2. The van der Waals surface area contributed by atoms with E-state index in [9.17, 15) is 0 Å². The number of nitrogens with zero attached hydrogens (tertiary/aromatic N) is 1.